The summed E-state index contributed by atoms with van der Waals surface area (Å²) in [6.45, 7) is 3.44. The molecule has 0 saturated heterocycles. The van der Waals surface area contributed by atoms with Crippen LogP contribution in [0.4, 0.5) is 0 Å². The highest BCUT2D eigenvalue weighted by Crippen LogP contribution is 2.12. The zero-order valence-corrected chi connectivity index (χ0v) is 13.3. The number of aliphatic hydroxyl groups excluding tert-OH is 1. The second-order valence-corrected chi connectivity index (χ2v) is 5.37. The van der Waals surface area contributed by atoms with E-state index in [4.69, 9.17) is 5.11 Å². The summed E-state index contributed by atoms with van der Waals surface area (Å²) in [5, 5.41) is 8.77. The Bertz CT molecular complexity index is 541. The summed E-state index contributed by atoms with van der Waals surface area (Å²) in [4.78, 5) is 16.2. The van der Waals surface area contributed by atoms with Crippen molar-refractivity contribution in [3.05, 3.63) is 34.9 Å². The molecule has 4 nitrogen and oxygen atoms in total. The quantitative estimate of drug-likeness (QED) is 0.832. The summed E-state index contributed by atoms with van der Waals surface area (Å²) >= 11 is 0. The molecule has 1 N–H and O–H groups in total. The lowest BCUT2D eigenvalue weighted by Gasteiger charge is -2.19. The van der Waals surface area contributed by atoms with E-state index in [2.05, 4.69) is 16.7 Å². The van der Waals surface area contributed by atoms with Gasteiger partial charge in [0.25, 0.3) is 5.91 Å². The third-order valence-electron chi connectivity index (χ3n) is 3.23. The minimum atomic E-state index is -0.179. The Hall–Kier alpha value is -1.83. The molecule has 1 aromatic rings. The lowest BCUT2D eigenvalue weighted by molar-refractivity contribution is 0.0790. The fourth-order valence-electron chi connectivity index (χ4n) is 1.97. The highest BCUT2D eigenvalue weighted by Gasteiger charge is 2.12. The maximum absolute atomic E-state index is 12.4. The summed E-state index contributed by atoms with van der Waals surface area (Å²) < 4.78 is 0. The van der Waals surface area contributed by atoms with Crippen molar-refractivity contribution >= 4 is 5.91 Å². The first kappa shape index (κ1) is 17.2. The minimum Gasteiger partial charge on any atom is -0.384 e. The van der Waals surface area contributed by atoms with E-state index in [9.17, 15) is 4.79 Å². The van der Waals surface area contributed by atoms with Gasteiger partial charge >= 0.3 is 0 Å². The second kappa shape index (κ2) is 8.46. The Balaban J connectivity index is 2.77. The molecule has 0 aromatic heterocycles. The fraction of sp³-hybridized carbons (Fsp3) is 0.471. The number of carbonyl (C=O) groups excluding carboxylic acids is 1. The lowest BCUT2D eigenvalue weighted by atomic mass is 10.0. The summed E-state index contributed by atoms with van der Waals surface area (Å²) in [5.74, 6) is 5.50. The first-order chi connectivity index (χ1) is 9.95. The van der Waals surface area contributed by atoms with Gasteiger partial charge in [0.05, 0.1) is 0 Å². The van der Waals surface area contributed by atoms with Gasteiger partial charge in [-0.15, -0.1) is 0 Å². The number of carbonyl (C=O) groups is 1. The summed E-state index contributed by atoms with van der Waals surface area (Å²) in [6.07, 6.45) is 0.943. The molecule has 0 aliphatic heterocycles. The van der Waals surface area contributed by atoms with Crippen LogP contribution >= 0.6 is 0 Å². The van der Waals surface area contributed by atoms with Crippen molar-refractivity contribution in [2.75, 3.05) is 40.8 Å². The van der Waals surface area contributed by atoms with E-state index in [1.807, 2.05) is 40.2 Å². The highest BCUT2D eigenvalue weighted by atomic mass is 16.2. The molecule has 114 valence electrons. The Morgan fingerprint density at radius 3 is 2.57 bits per heavy atom. The van der Waals surface area contributed by atoms with Gasteiger partial charge in [0.2, 0.25) is 0 Å². The van der Waals surface area contributed by atoms with Crippen molar-refractivity contribution in [1.29, 1.82) is 0 Å². The van der Waals surface area contributed by atoms with Crippen LogP contribution in [0.5, 0.6) is 0 Å². The monoisotopic (exact) mass is 288 g/mol. The van der Waals surface area contributed by atoms with Crippen molar-refractivity contribution in [2.24, 2.45) is 0 Å². The molecule has 0 bridgehead atoms. The van der Waals surface area contributed by atoms with E-state index in [0.29, 0.717) is 5.56 Å². The molecule has 0 saturated carbocycles. The van der Waals surface area contributed by atoms with Crippen LogP contribution in [0.15, 0.2) is 18.2 Å². The molecule has 1 aromatic carbocycles. The van der Waals surface area contributed by atoms with E-state index >= 15 is 0 Å². The second-order valence-electron chi connectivity index (χ2n) is 5.37. The van der Waals surface area contributed by atoms with E-state index in [1.54, 1.807) is 11.0 Å². The van der Waals surface area contributed by atoms with Gasteiger partial charge < -0.3 is 14.9 Å². The lowest BCUT2D eigenvalue weighted by Crippen LogP contribution is -2.29. The number of rotatable bonds is 5. The maximum Gasteiger partial charge on any atom is 0.253 e. The smallest absolute Gasteiger partial charge is 0.253 e. The molecule has 21 heavy (non-hydrogen) atoms. The topological polar surface area (TPSA) is 43.8 Å². The van der Waals surface area contributed by atoms with Crippen molar-refractivity contribution in [3.8, 4) is 11.8 Å². The van der Waals surface area contributed by atoms with Crippen LogP contribution in [0.1, 0.15) is 27.9 Å². The van der Waals surface area contributed by atoms with Gasteiger partial charge in [-0.25, -0.2) is 0 Å². The first-order valence-corrected chi connectivity index (χ1v) is 7.06. The zero-order chi connectivity index (χ0) is 15.8. The molecule has 0 atom stereocenters. The minimum absolute atomic E-state index is 0.000745. The number of nitrogens with zero attached hydrogens (tertiary/aromatic N) is 2. The molecular weight excluding hydrogens is 264 g/mol. The van der Waals surface area contributed by atoms with E-state index in [-0.39, 0.29) is 12.5 Å². The van der Waals surface area contributed by atoms with Crippen LogP contribution < -0.4 is 0 Å². The van der Waals surface area contributed by atoms with Crippen LogP contribution in [0.25, 0.3) is 0 Å². The summed E-state index contributed by atoms with van der Waals surface area (Å²) in [6, 6.07) is 5.51. The van der Waals surface area contributed by atoms with E-state index < -0.39 is 0 Å². The first-order valence-electron chi connectivity index (χ1n) is 7.06. The Kier molecular flexibility index (Phi) is 6.93. The number of hydrogen-bond donors (Lipinski definition) is 1. The van der Waals surface area contributed by atoms with Gasteiger partial charge in [-0.05, 0) is 51.7 Å². The van der Waals surface area contributed by atoms with Gasteiger partial charge in [-0.3, -0.25) is 4.79 Å². The van der Waals surface area contributed by atoms with Crippen LogP contribution in [-0.4, -0.2) is 61.7 Å². The molecule has 0 aliphatic rings. The van der Waals surface area contributed by atoms with Crippen molar-refractivity contribution in [1.82, 2.24) is 9.80 Å². The van der Waals surface area contributed by atoms with E-state index in [1.165, 1.54) is 0 Å². The molecule has 1 amide bonds. The number of benzene rings is 1. The highest BCUT2D eigenvalue weighted by molar-refractivity contribution is 5.94. The molecule has 4 heteroatoms. The number of aryl methyl sites for hydroxylation is 1. The van der Waals surface area contributed by atoms with Crippen LogP contribution in [-0.2, 0) is 0 Å². The summed E-state index contributed by atoms with van der Waals surface area (Å²) in [5.41, 5.74) is 2.43. The largest absolute Gasteiger partial charge is 0.384 e. The Morgan fingerprint density at radius 1 is 1.24 bits per heavy atom. The third kappa shape index (κ3) is 5.58. The Labute approximate surface area is 127 Å². The molecule has 0 unspecified atom stereocenters. The predicted molar refractivity (Wildman–Crippen MR) is 85.3 cm³/mol. The zero-order valence-electron chi connectivity index (χ0n) is 13.3. The molecule has 0 fully saturated rings. The van der Waals surface area contributed by atoms with Gasteiger partial charge in [-0.1, -0.05) is 17.9 Å². The molecule has 0 aliphatic carbocycles. The van der Waals surface area contributed by atoms with Crippen LogP contribution in [0.2, 0.25) is 0 Å². The van der Waals surface area contributed by atoms with Crippen molar-refractivity contribution in [3.63, 3.8) is 0 Å². The molecule has 0 radical (unpaired) electrons. The van der Waals surface area contributed by atoms with Crippen molar-refractivity contribution in [2.45, 2.75) is 13.3 Å². The van der Waals surface area contributed by atoms with Crippen LogP contribution in [0, 0.1) is 18.8 Å². The van der Waals surface area contributed by atoms with Gasteiger partial charge in [-0.2, -0.15) is 0 Å². The SMILES string of the molecule is Cc1ccc(C(=O)N(C)CCCN(C)C)cc1C#CCO. The van der Waals surface area contributed by atoms with E-state index in [0.717, 1.165) is 30.6 Å². The fourth-order valence-corrected chi connectivity index (χ4v) is 1.97. The number of amides is 1. The summed E-state index contributed by atoms with van der Waals surface area (Å²) in [7, 11) is 5.86. The number of aliphatic hydroxyl groups is 1. The molecule has 0 spiro atoms. The molecular formula is C17H24N2O2. The maximum atomic E-state index is 12.4. The Morgan fingerprint density at radius 2 is 1.95 bits per heavy atom. The molecule has 0 heterocycles. The standard InChI is InChI=1S/C17H24N2O2/c1-14-8-9-16(13-15(14)7-5-12-20)17(21)19(4)11-6-10-18(2)3/h8-9,13,20H,6,10-12H2,1-4H3. The normalized spacial score (nSPS) is 10.2. The molecule has 1 rings (SSSR count). The number of hydrogen-bond acceptors (Lipinski definition) is 3. The van der Waals surface area contributed by atoms with Gasteiger partial charge in [0.1, 0.15) is 6.61 Å². The average Bonchev–Trinajstić information content (AvgIpc) is 2.45. The third-order valence-corrected chi connectivity index (χ3v) is 3.23. The average molecular weight is 288 g/mol. The van der Waals surface area contributed by atoms with Crippen molar-refractivity contribution < 1.29 is 9.90 Å². The predicted octanol–water partition coefficient (Wildman–Crippen LogP) is 1.36. The van der Waals surface area contributed by atoms with Gasteiger partial charge in [0, 0.05) is 24.7 Å². The van der Waals surface area contributed by atoms with Crippen LogP contribution in [0.3, 0.4) is 0 Å². The van der Waals surface area contributed by atoms with Gasteiger partial charge in [0.15, 0.2) is 0 Å².